The highest BCUT2D eigenvalue weighted by Gasteiger charge is 2.28. The average molecular weight is 492 g/mol. The lowest BCUT2D eigenvalue weighted by Gasteiger charge is -2.38. The smallest absolute Gasteiger partial charge is 0.259 e. The molecule has 2 aliphatic rings. The molecule has 0 aliphatic carbocycles. The topological polar surface area (TPSA) is 60.8 Å². The molecule has 0 atom stereocenters. The molecule has 2 aromatic carbocycles. The summed E-state index contributed by atoms with van der Waals surface area (Å²) in [5.74, 6) is -0.685. The van der Waals surface area contributed by atoms with Crippen molar-refractivity contribution in [1.29, 1.82) is 0 Å². The van der Waals surface area contributed by atoms with Crippen LogP contribution in [0.15, 0.2) is 53.5 Å². The molecule has 3 aromatic rings. The van der Waals surface area contributed by atoms with Crippen molar-refractivity contribution in [2.75, 3.05) is 56.1 Å². The van der Waals surface area contributed by atoms with Crippen molar-refractivity contribution in [2.45, 2.75) is 32.4 Å². The number of hydrogen-bond donors (Lipinski definition) is 1. The Labute approximate surface area is 211 Å². The fraction of sp³-hybridized carbons (Fsp3) is 0.429. The lowest BCUT2D eigenvalue weighted by Crippen LogP contribution is -2.46. The van der Waals surface area contributed by atoms with E-state index in [1.54, 1.807) is 17.2 Å². The van der Waals surface area contributed by atoms with Crippen molar-refractivity contribution in [2.24, 2.45) is 0 Å². The number of hydrogen-bond acceptors (Lipinski definition) is 5. The van der Waals surface area contributed by atoms with Gasteiger partial charge >= 0.3 is 0 Å². The Morgan fingerprint density at radius 3 is 2.44 bits per heavy atom. The molecule has 0 bridgehead atoms. The van der Waals surface area contributed by atoms with Gasteiger partial charge in [-0.25, -0.2) is 4.39 Å². The van der Waals surface area contributed by atoms with Gasteiger partial charge in [0.15, 0.2) is 0 Å². The van der Waals surface area contributed by atoms with Crippen LogP contribution in [0.4, 0.5) is 15.8 Å². The number of pyridine rings is 1. The maximum absolute atomic E-state index is 15.2. The number of anilines is 2. The molecule has 8 heteroatoms. The summed E-state index contributed by atoms with van der Waals surface area (Å²) in [6, 6.07) is 13.6. The summed E-state index contributed by atoms with van der Waals surface area (Å²) in [4.78, 5) is 32.9. The van der Waals surface area contributed by atoms with Crippen LogP contribution in [0, 0.1) is 5.82 Å². The lowest BCUT2D eigenvalue weighted by atomic mass is 10.0. The van der Waals surface area contributed by atoms with Gasteiger partial charge in [-0.05, 0) is 44.0 Å². The Kier molecular flexibility index (Phi) is 6.96. The second kappa shape index (κ2) is 10.3. The molecule has 1 N–H and O–H groups in total. The summed E-state index contributed by atoms with van der Waals surface area (Å²) in [7, 11) is 2.09. The number of rotatable bonds is 5. The number of para-hydroxylation sites is 1. The third kappa shape index (κ3) is 4.57. The van der Waals surface area contributed by atoms with Crippen molar-refractivity contribution >= 4 is 28.2 Å². The zero-order valence-corrected chi connectivity index (χ0v) is 21.0. The highest BCUT2D eigenvalue weighted by Crippen LogP contribution is 2.27. The van der Waals surface area contributed by atoms with E-state index >= 15 is 4.39 Å². The summed E-state index contributed by atoms with van der Waals surface area (Å²) < 4.78 is 17.0. The molecule has 0 saturated carbocycles. The largest absolute Gasteiger partial charge is 0.371 e. The van der Waals surface area contributed by atoms with E-state index in [0.29, 0.717) is 50.0 Å². The van der Waals surface area contributed by atoms with Gasteiger partial charge in [0.2, 0.25) is 5.43 Å². The van der Waals surface area contributed by atoms with Crippen molar-refractivity contribution in [3.05, 3.63) is 70.3 Å². The minimum absolute atomic E-state index is 0.119. The number of benzene rings is 2. The minimum Gasteiger partial charge on any atom is -0.371 e. The van der Waals surface area contributed by atoms with Gasteiger partial charge in [0.05, 0.1) is 11.2 Å². The van der Waals surface area contributed by atoms with Crippen LogP contribution in [0.3, 0.4) is 0 Å². The van der Waals surface area contributed by atoms with Gasteiger partial charge in [-0.3, -0.25) is 9.59 Å². The molecule has 3 heterocycles. The van der Waals surface area contributed by atoms with E-state index in [-0.39, 0.29) is 16.9 Å². The first-order chi connectivity index (χ1) is 17.5. The Balaban J connectivity index is 1.39. The molecule has 5 rings (SSSR count). The number of piperazine rings is 1. The van der Waals surface area contributed by atoms with Crippen LogP contribution in [-0.2, 0) is 6.54 Å². The number of amides is 1. The van der Waals surface area contributed by atoms with E-state index in [2.05, 4.69) is 29.4 Å². The van der Waals surface area contributed by atoms with E-state index in [9.17, 15) is 9.59 Å². The summed E-state index contributed by atoms with van der Waals surface area (Å²) in [6.45, 7) is 6.73. The first-order valence-corrected chi connectivity index (χ1v) is 12.9. The van der Waals surface area contributed by atoms with Gasteiger partial charge < -0.3 is 24.6 Å². The normalized spacial score (nSPS) is 17.0. The van der Waals surface area contributed by atoms with Crippen LogP contribution in [-0.4, -0.2) is 67.7 Å². The van der Waals surface area contributed by atoms with Crippen LogP contribution in [0.1, 0.15) is 30.1 Å². The van der Waals surface area contributed by atoms with Crippen LogP contribution >= 0.6 is 0 Å². The van der Waals surface area contributed by atoms with E-state index in [1.165, 1.54) is 6.07 Å². The van der Waals surface area contributed by atoms with E-state index < -0.39 is 11.2 Å². The molecule has 0 radical (unpaired) electrons. The van der Waals surface area contributed by atoms with E-state index in [1.807, 2.05) is 34.6 Å². The van der Waals surface area contributed by atoms with Crippen LogP contribution in [0.5, 0.6) is 0 Å². The SMILES string of the molecule is CCn1cc(C(=O)N2CCC(N(C)c3ccccc3)CC2)c(=O)c2cc(F)c(N3CCNCC3)cc21. The zero-order valence-electron chi connectivity index (χ0n) is 21.0. The van der Waals surface area contributed by atoms with E-state index in [4.69, 9.17) is 0 Å². The number of carbonyl (C=O) groups excluding carboxylic acids is 1. The van der Waals surface area contributed by atoms with Gasteiger partial charge in [-0.1, -0.05) is 18.2 Å². The molecule has 190 valence electrons. The number of halogens is 1. The molecular formula is C28H34FN5O2. The van der Waals surface area contributed by atoms with Crippen molar-refractivity contribution in [1.82, 2.24) is 14.8 Å². The summed E-state index contributed by atoms with van der Waals surface area (Å²) in [6.07, 6.45) is 3.32. The summed E-state index contributed by atoms with van der Waals surface area (Å²) >= 11 is 0. The molecule has 2 saturated heterocycles. The zero-order chi connectivity index (χ0) is 25.2. The molecule has 1 amide bonds. The second-order valence-corrected chi connectivity index (χ2v) is 9.69. The minimum atomic E-state index is -0.418. The fourth-order valence-electron chi connectivity index (χ4n) is 5.46. The Hall–Kier alpha value is -3.39. The van der Waals surface area contributed by atoms with Gasteiger partial charge in [0, 0.05) is 76.2 Å². The van der Waals surface area contributed by atoms with Gasteiger partial charge in [-0.15, -0.1) is 0 Å². The highest BCUT2D eigenvalue weighted by molar-refractivity contribution is 5.98. The second-order valence-electron chi connectivity index (χ2n) is 9.69. The van der Waals surface area contributed by atoms with Gasteiger partial charge in [-0.2, -0.15) is 0 Å². The number of carbonyl (C=O) groups is 1. The molecule has 2 aliphatic heterocycles. The Morgan fingerprint density at radius 1 is 1.08 bits per heavy atom. The standard InChI is InChI=1S/C28H34FN5O2/c1-3-32-19-23(27(35)22-17-24(29)26(18-25(22)32)33-15-11-30-12-16-33)28(36)34-13-9-21(10-14-34)31(2)20-7-5-4-6-8-20/h4-8,17-19,21,30H,3,9-16H2,1-2H3. The van der Waals surface area contributed by atoms with Crippen molar-refractivity contribution in [3.63, 3.8) is 0 Å². The predicted molar refractivity (Wildman–Crippen MR) is 143 cm³/mol. The van der Waals surface area contributed by atoms with Crippen LogP contribution in [0.2, 0.25) is 0 Å². The van der Waals surface area contributed by atoms with Gasteiger partial charge in [0.1, 0.15) is 11.4 Å². The van der Waals surface area contributed by atoms with Crippen LogP contribution in [0.25, 0.3) is 10.9 Å². The highest BCUT2D eigenvalue weighted by atomic mass is 19.1. The molecule has 1 aromatic heterocycles. The predicted octanol–water partition coefficient (Wildman–Crippen LogP) is 3.31. The third-order valence-electron chi connectivity index (χ3n) is 7.64. The maximum Gasteiger partial charge on any atom is 0.259 e. The lowest BCUT2D eigenvalue weighted by molar-refractivity contribution is 0.0711. The van der Waals surface area contributed by atoms with Crippen LogP contribution < -0.4 is 20.5 Å². The van der Waals surface area contributed by atoms with Crippen molar-refractivity contribution < 1.29 is 9.18 Å². The monoisotopic (exact) mass is 491 g/mol. The Morgan fingerprint density at radius 2 is 1.78 bits per heavy atom. The third-order valence-corrected chi connectivity index (χ3v) is 7.64. The molecular weight excluding hydrogens is 457 g/mol. The first-order valence-electron chi connectivity index (χ1n) is 12.9. The average Bonchev–Trinajstić information content (AvgIpc) is 2.93. The molecule has 36 heavy (non-hydrogen) atoms. The number of piperidine rings is 1. The number of nitrogens with one attached hydrogen (secondary N) is 1. The number of likely N-dealkylation sites (tertiary alicyclic amines) is 1. The summed E-state index contributed by atoms with van der Waals surface area (Å²) in [5.41, 5.74) is 2.05. The molecule has 7 nitrogen and oxygen atoms in total. The Bertz CT molecular complexity index is 1290. The number of aryl methyl sites for hydroxylation is 1. The van der Waals surface area contributed by atoms with E-state index in [0.717, 1.165) is 31.6 Å². The van der Waals surface area contributed by atoms with Gasteiger partial charge in [0.25, 0.3) is 5.91 Å². The van der Waals surface area contributed by atoms with Crippen molar-refractivity contribution in [3.8, 4) is 0 Å². The molecule has 0 unspecified atom stereocenters. The molecule has 2 fully saturated rings. The molecule has 0 spiro atoms. The number of aromatic nitrogens is 1. The number of fused-ring (bicyclic) bond motifs is 1. The first kappa shape index (κ1) is 24.3. The number of nitrogens with zero attached hydrogens (tertiary/aromatic N) is 4. The maximum atomic E-state index is 15.2. The summed E-state index contributed by atoms with van der Waals surface area (Å²) in [5, 5.41) is 3.54. The quantitative estimate of drug-likeness (QED) is 0.594. The fourth-order valence-corrected chi connectivity index (χ4v) is 5.46.